The van der Waals surface area contributed by atoms with Crippen LogP contribution >= 0.6 is 0 Å². The summed E-state index contributed by atoms with van der Waals surface area (Å²) in [6.45, 7) is 0. The average molecular weight is 232 g/mol. The number of rotatable bonds is 0. The molecule has 1 aromatic carbocycles. The SMILES string of the molecule is C1=CC2[C@@H]3[C@@H]4C1[C@@]41CCc4ccc5c(c41)[C@]23CC5. The van der Waals surface area contributed by atoms with E-state index in [9.17, 15) is 0 Å². The molecule has 88 valence electrons. The van der Waals surface area contributed by atoms with Crippen LogP contribution in [0.25, 0.3) is 0 Å². The van der Waals surface area contributed by atoms with Crippen molar-refractivity contribution in [3.8, 4) is 0 Å². The van der Waals surface area contributed by atoms with Gasteiger partial charge in [-0.15, -0.1) is 0 Å². The summed E-state index contributed by atoms with van der Waals surface area (Å²) >= 11 is 0. The number of hydrogen-bond acceptors (Lipinski definition) is 0. The third kappa shape index (κ3) is 0.492. The second kappa shape index (κ2) is 1.94. The minimum absolute atomic E-state index is 0.654. The Balaban J connectivity index is 1.75. The van der Waals surface area contributed by atoms with Crippen molar-refractivity contribution in [2.45, 2.75) is 36.5 Å². The van der Waals surface area contributed by atoms with E-state index in [1.165, 1.54) is 25.7 Å². The Labute approximate surface area is 107 Å². The van der Waals surface area contributed by atoms with Crippen LogP contribution in [0, 0.1) is 23.7 Å². The van der Waals surface area contributed by atoms with Crippen LogP contribution in [0.15, 0.2) is 24.3 Å². The molecule has 7 rings (SSSR count). The second-order valence-electron chi connectivity index (χ2n) is 7.70. The highest BCUT2D eigenvalue weighted by Gasteiger charge is 2.85. The van der Waals surface area contributed by atoms with Crippen LogP contribution in [0.5, 0.6) is 0 Å². The van der Waals surface area contributed by atoms with E-state index in [0.717, 1.165) is 23.7 Å². The van der Waals surface area contributed by atoms with Crippen LogP contribution in [0.2, 0.25) is 0 Å². The molecule has 0 N–H and O–H groups in total. The molecule has 0 heteroatoms. The molecular weight excluding hydrogens is 216 g/mol. The van der Waals surface area contributed by atoms with Gasteiger partial charge in [-0.05, 0) is 71.6 Å². The van der Waals surface area contributed by atoms with Gasteiger partial charge in [0.25, 0.3) is 0 Å². The van der Waals surface area contributed by atoms with Gasteiger partial charge in [-0.1, -0.05) is 24.3 Å². The van der Waals surface area contributed by atoms with Crippen molar-refractivity contribution in [3.63, 3.8) is 0 Å². The van der Waals surface area contributed by atoms with Gasteiger partial charge in [0, 0.05) is 10.8 Å². The van der Waals surface area contributed by atoms with Crippen LogP contribution < -0.4 is 0 Å². The first-order valence-corrected chi connectivity index (χ1v) is 7.73. The highest BCUT2D eigenvalue weighted by molar-refractivity contribution is 5.69. The molecule has 0 bridgehead atoms. The summed E-state index contributed by atoms with van der Waals surface area (Å²) in [5, 5.41) is 0. The molecule has 0 aromatic heterocycles. The summed E-state index contributed by atoms with van der Waals surface area (Å²) in [5.41, 5.74) is 8.58. The van der Waals surface area contributed by atoms with Gasteiger partial charge in [0.2, 0.25) is 0 Å². The van der Waals surface area contributed by atoms with E-state index in [4.69, 9.17) is 0 Å². The van der Waals surface area contributed by atoms with Gasteiger partial charge in [0.1, 0.15) is 0 Å². The topological polar surface area (TPSA) is 0 Å². The number of aryl methyl sites for hydroxylation is 2. The highest BCUT2D eigenvalue weighted by Crippen LogP contribution is 2.88. The molecule has 2 saturated carbocycles. The summed E-state index contributed by atoms with van der Waals surface area (Å²) in [4.78, 5) is 0. The van der Waals surface area contributed by atoms with E-state index in [1.807, 2.05) is 11.1 Å². The lowest BCUT2D eigenvalue weighted by Crippen LogP contribution is -2.22. The van der Waals surface area contributed by atoms with E-state index in [2.05, 4.69) is 24.3 Å². The minimum Gasteiger partial charge on any atom is -0.0839 e. The maximum atomic E-state index is 2.63. The lowest BCUT2D eigenvalue weighted by atomic mass is 9.77. The molecule has 18 heavy (non-hydrogen) atoms. The lowest BCUT2D eigenvalue weighted by molar-refractivity contribution is 0.458. The standard InChI is InChI=1S/C18H16/c1-2-10-6-8-18-12-4-3-11-15(16(12)18)17(11)7-5-9(1)13(17)14(10)18/h1-4,11-12,15-16H,5-8H2/t11?,12?,15-,16+,17+,18-. The van der Waals surface area contributed by atoms with Crippen LogP contribution in [-0.2, 0) is 23.7 Å². The maximum Gasteiger partial charge on any atom is 0.00650 e. The molecule has 1 aromatic rings. The van der Waals surface area contributed by atoms with Gasteiger partial charge in [0.05, 0.1) is 0 Å². The second-order valence-corrected chi connectivity index (χ2v) is 7.70. The molecule has 0 amide bonds. The summed E-state index contributed by atoms with van der Waals surface area (Å²) in [7, 11) is 0. The molecule has 0 aliphatic heterocycles. The molecule has 0 heterocycles. The Hall–Kier alpha value is -1.04. The fourth-order valence-corrected chi connectivity index (χ4v) is 7.34. The van der Waals surface area contributed by atoms with E-state index in [1.54, 1.807) is 11.1 Å². The van der Waals surface area contributed by atoms with Crippen LogP contribution in [-0.4, -0.2) is 0 Å². The molecule has 6 aliphatic rings. The molecule has 2 spiro atoms. The maximum absolute atomic E-state index is 2.63. The molecule has 0 saturated heterocycles. The largest absolute Gasteiger partial charge is 0.0839 e. The van der Waals surface area contributed by atoms with Crippen molar-refractivity contribution in [3.05, 3.63) is 46.5 Å². The fraction of sp³-hybridized carbons (Fsp3) is 0.556. The lowest BCUT2D eigenvalue weighted by Gasteiger charge is -2.26. The first kappa shape index (κ1) is 8.19. The molecular formula is C18H16. The Morgan fingerprint density at radius 1 is 0.778 bits per heavy atom. The zero-order valence-electron chi connectivity index (χ0n) is 10.4. The number of allylic oxidation sites excluding steroid dienone is 2. The first-order chi connectivity index (χ1) is 8.89. The monoisotopic (exact) mass is 232 g/mol. The minimum atomic E-state index is 0.654. The fourth-order valence-electron chi connectivity index (χ4n) is 7.34. The van der Waals surface area contributed by atoms with Crippen LogP contribution in [0.4, 0.5) is 0 Å². The van der Waals surface area contributed by atoms with Crippen LogP contribution in [0.1, 0.15) is 35.1 Å². The summed E-state index contributed by atoms with van der Waals surface area (Å²) in [5.74, 6) is 4.01. The van der Waals surface area contributed by atoms with Gasteiger partial charge in [0.15, 0.2) is 0 Å². The average Bonchev–Trinajstić information content (AvgIpc) is 3.06. The molecule has 2 fully saturated rings. The molecule has 6 atom stereocenters. The normalized spacial score (nSPS) is 57.3. The Kier molecular flexibility index (Phi) is 0.881. The Morgan fingerprint density at radius 3 is 1.78 bits per heavy atom. The predicted octanol–water partition coefficient (Wildman–Crippen LogP) is 3.13. The zero-order chi connectivity index (χ0) is 11.3. The van der Waals surface area contributed by atoms with Crippen LogP contribution in [0.3, 0.4) is 0 Å². The first-order valence-electron chi connectivity index (χ1n) is 7.73. The van der Waals surface area contributed by atoms with Gasteiger partial charge in [-0.3, -0.25) is 0 Å². The molecule has 2 unspecified atom stereocenters. The van der Waals surface area contributed by atoms with Crippen molar-refractivity contribution < 1.29 is 0 Å². The Bertz CT molecular complexity index is 637. The van der Waals surface area contributed by atoms with Crippen molar-refractivity contribution >= 4 is 0 Å². The summed E-state index contributed by atoms with van der Waals surface area (Å²) in [6, 6.07) is 4.97. The van der Waals surface area contributed by atoms with Gasteiger partial charge >= 0.3 is 0 Å². The van der Waals surface area contributed by atoms with Crippen molar-refractivity contribution in [1.82, 2.24) is 0 Å². The molecule has 0 radical (unpaired) electrons. The summed E-state index contributed by atoms with van der Waals surface area (Å²) in [6.07, 6.45) is 10.9. The third-order valence-corrected chi connectivity index (χ3v) is 7.77. The summed E-state index contributed by atoms with van der Waals surface area (Å²) < 4.78 is 0. The number of hydrogen-bond donors (Lipinski definition) is 0. The van der Waals surface area contributed by atoms with E-state index < -0.39 is 0 Å². The third-order valence-electron chi connectivity index (χ3n) is 7.77. The van der Waals surface area contributed by atoms with Crippen molar-refractivity contribution in [1.29, 1.82) is 0 Å². The smallest absolute Gasteiger partial charge is 0.00650 e. The molecule has 6 aliphatic carbocycles. The van der Waals surface area contributed by atoms with Crippen molar-refractivity contribution in [2.75, 3.05) is 0 Å². The predicted molar refractivity (Wildman–Crippen MR) is 69.5 cm³/mol. The highest BCUT2D eigenvalue weighted by atomic mass is 14.9. The molecule has 0 nitrogen and oxygen atoms in total. The van der Waals surface area contributed by atoms with Crippen molar-refractivity contribution in [2.24, 2.45) is 23.7 Å². The van der Waals surface area contributed by atoms with Gasteiger partial charge in [-0.2, -0.15) is 0 Å². The van der Waals surface area contributed by atoms with E-state index in [-0.39, 0.29) is 0 Å². The Morgan fingerprint density at radius 2 is 1.28 bits per heavy atom. The van der Waals surface area contributed by atoms with E-state index >= 15 is 0 Å². The zero-order valence-corrected chi connectivity index (χ0v) is 10.4. The van der Waals surface area contributed by atoms with E-state index in [0.29, 0.717) is 10.8 Å². The quantitative estimate of drug-likeness (QED) is 0.603. The van der Waals surface area contributed by atoms with Gasteiger partial charge in [-0.25, -0.2) is 0 Å². The number of benzene rings is 1. The van der Waals surface area contributed by atoms with Gasteiger partial charge < -0.3 is 0 Å².